The van der Waals surface area contributed by atoms with Gasteiger partial charge in [0.2, 0.25) is 0 Å². The molecule has 21 heavy (non-hydrogen) atoms. The minimum absolute atomic E-state index is 0.0224. The van der Waals surface area contributed by atoms with Gasteiger partial charge in [0.25, 0.3) is 0 Å². The lowest BCUT2D eigenvalue weighted by molar-refractivity contribution is -0.138. The molecule has 5 heteroatoms. The molecule has 0 unspecified atom stereocenters. The number of alkyl halides is 4. The van der Waals surface area contributed by atoms with Crippen LogP contribution in [0.1, 0.15) is 23.6 Å². The molecule has 2 aromatic rings. The highest BCUT2D eigenvalue weighted by molar-refractivity contribution is 6.17. The standard InChI is InChI=1S/C16H14ClF3O/c1-2-11-3-6-13(7-4-11)21-15-8-5-12(10-17)9-14(15)16(18,19)20/h3-9H,2,10H2,1H3. The van der Waals surface area contributed by atoms with Crippen LogP contribution in [0.15, 0.2) is 42.5 Å². The lowest BCUT2D eigenvalue weighted by Gasteiger charge is -2.15. The van der Waals surface area contributed by atoms with Crippen LogP contribution < -0.4 is 4.74 Å². The fourth-order valence-corrected chi connectivity index (χ4v) is 2.06. The Balaban J connectivity index is 2.34. The van der Waals surface area contributed by atoms with Gasteiger partial charge in [-0.25, -0.2) is 0 Å². The van der Waals surface area contributed by atoms with Crippen molar-refractivity contribution in [2.75, 3.05) is 0 Å². The van der Waals surface area contributed by atoms with Crippen LogP contribution >= 0.6 is 11.6 Å². The number of hydrogen-bond acceptors (Lipinski definition) is 1. The molecule has 0 amide bonds. The highest BCUT2D eigenvalue weighted by Gasteiger charge is 2.34. The molecule has 0 spiro atoms. The van der Waals surface area contributed by atoms with Gasteiger partial charge >= 0.3 is 6.18 Å². The zero-order valence-corrected chi connectivity index (χ0v) is 12.1. The van der Waals surface area contributed by atoms with Crippen molar-refractivity contribution < 1.29 is 17.9 Å². The van der Waals surface area contributed by atoms with Gasteiger partial charge in [-0.1, -0.05) is 25.1 Å². The number of benzene rings is 2. The topological polar surface area (TPSA) is 9.23 Å². The Bertz CT molecular complexity index is 606. The second kappa shape index (κ2) is 6.39. The maximum atomic E-state index is 13.1. The third kappa shape index (κ3) is 3.91. The molecule has 0 aliphatic carbocycles. The van der Waals surface area contributed by atoms with Crippen molar-refractivity contribution in [3.63, 3.8) is 0 Å². The van der Waals surface area contributed by atoms with Crippen LogP contribution in [0, 0.1) is 0 Å². The first-order valence-corrected chi connectivity index (χ1v) is 7.00. The molecule has 112 valence electrons. The molecule has 2 aromatic carbocycles. The van der Waals surface area contributed by atoms with E-state index in [-0.39, 0.29) is 11.6 Å². The van der Waals surface area contributed by atoms with Gasteiger partial charge in [0, 0.05) is 5.88 Å². The molecule has 0 aromatic heterocycles. The Labute approximate surface area is 126 Å². The summed E-state index contributed by atoms with van der Waals surface area (Å²) >= 11 is 5.59. The first-order chi connectivity index (χ1) is 9.94. The van der Waals surface area contributed by atoms with Crippen molar-refractivity contribution in [2.24, 2.45) is 0 Å². The first kappa shape index (κ1) is 15.7. The minimum Gasteiger partial charge on any atom is -0.457 e. The third-order valence-electron chi connectivity index (χ3n) is 3.06. The zero-order valence-electron chi connectivity index (χ0n) is 11.4. The Morgan fingerprint density at radius 1 is 1.00 bits per heavy atom. The smallest absolute Gasteiger partial charge is 0.419 e. The SMILES string of the molecule is CCc1ccc(Oc2ccc(CCl)cc2C(F)(F)F)cc1. The molecule has 1 nitrogen and oxygen atoms in total. The van der Waals surface area contributed by atoms with E-state index in [0.717, 1.165) is 18.1 Å². The molecule has 0 bridgehead atoms. The molecular weight excluding hydrogens is 301 g/mol. The third-order valence-corrected chi connectivity index (χ3v) is 3.37. The molecule has 0 radical (unpaired) electrons. The van der Waals surface area contributed by atoms with Gasteiger partial charge in [-0.2, -0.15) is 13.2 Å². The van der Waals surface area contributed by atoms with E-state index in [2.05, 4.69) is 0 Å². The van der Waals surface area contributed by atoms with Crippen LogP contribution in [0.3, 0.4) is 0 Å². The summed E-state index contributed by atoms with van der Waals surface area (Å²) < 4.78 is 44.6. The second-order valence-electron chi connectivity index (χ2n) is 4.56. The summed E-state index contributed by atoms with van der Waals surface area (Å²) in [5.41, 5.74) is 0.675. The van der Waals surface area contributed by atoms with E-state index in [1.165, 1.54) is 12.1 Å². The summed E-state index contributed by atoms with van der Waals surface area (Å²) in [6.45, 7) is 2.00. The van der Waals surface area contributed by atoms with Crippen LogP contribution in [0.2, 0.25) is 0 Å². The Kier molecular flexibility index (Phi) is 4.78. The number of rotatable bonds is 4. The van der Waals surface area contributed by atoms with Gasteiger partial charge in [0.1, 0.15) is 11.5 Å². The highest BCUT2D eigenvalue weighted by Crippen LogP contribution is 2.39. The van der Waals surface area contributed by atoms with Crippen molar-refractivity contribution >= 4 is 11.6 Å². The van der Waals surface area contributed by atoms with Crippen LogP contribution in [0.4, 0.5) is 13.2 Å². The van der Waals surface area contributed by atoms with Crippen LogP contribution in [-0.2, 0) is 18.5 Å². The van der Waals surface area contributed by atoms with Crippen LogP contribution in [0.5, 0.6) is 11.5 Å². The Hall–Kier alpha value is -1.68. The molecule has 0 N–H and O–H groups in total. The minimum atomic E-state index is -4.49. The summed E-state index contributed by atoms with van der Waals surface area (Å²) in [6, 6.07) is 10.8. The highest BCUT2D eigenvalue weighted by atomic mass is 35.5. The van der Waals surface area contributed by atoms with Gasteiger partial charge in [0.05, 0.1) is 5.56 Å². The zero-order chi connectivity index (χ0) is 15.5. The molecule has 2 rings (SSSR count). The van der Waals surface area contributed by atoms with E-state index in [9.17, 15) is 13.2 Å². The number of ether oxygens (including phenoxy) is 1. The lowest BCUT2D eigenvalue weighted by atomic mass is 10.1. The summed E-state index contributed by atoms with van der Waals surface area (Å²) in [4.78, 5) is 0. The molecule has 0 atom stereocenters. The van der Waals surface area contributed by atoms with E-state index in [1.807, 2.05) is 19.1 Å². The fraction of sp³-hybridized carbons (Fsp3) is 0.250. The molecule has 0 saturated heterocycles. The second-order valence-corrected chi connectivity index (χ2v) is 4.83. The molecular formula is C16H14ClF3O. The Morgan fingerprint density at radius 2 is 1.62 bits per heavy atom. The van der Waals surface area contributed by atoms with Gasteiger partial charge in [-0.05, 0) is 41.8 Å². The monoisotopic (exact) mass is 314 g/mol. The molecule has 0 aliphatic heterocycles. The first-order valence-electron chi connectivity index (χ1n) is 6.47. The van der Waals surface area contributed by atoms with Gasteiger partial charge < -0.3 is 4.74 Å². The molecule has 0 heterocycles. The van der Waals surface area contributed by atoms with Gasteiger partial charge in [0.15, 0.2) is 0 Å². The largest absolute Gasteiger partial charge is 0.457 e. The normalized spacial score (nSPS) is 11.5. The molecule has 0 aliphatic rings. The van der Waals surface area contributed by atoms with Crippen molar-refractivity contribution in [3.8, 4) is 11.5 Å². The number of hydrogen-bond donors (Lipinski definition) is 0. The van der Waals surface area contributed by atoms with Gasteiger partial charge in [-0.15, -0.1) is 11.6 Å². The van der Waals surface area contributed by atoms with Crippen molar-refractivity contribution in [2.45, 2.75) is 25.4 Å². The molecule has 0 saturated carbocycles. The van der Waals surface area contributed by atoms with E-state index in [4.69, 9.17) is 16.3 Å². The van der Waals surface area contributed by atoms with Crippen LogP contribution in [0.25, 0.3) is 0 Å². The quantitative estimate of drug-likeness (QED) is 0.648. The van der Waals surface area contributed by atoms with E-state index in [1.54, 1.807) is 12.1 Å². The summed E-state index contributed by atoms with van der Waals surface area (Å²) in [5, 5.41) is 0. The average Bonchev–Trinajstić information content (AvgIpc) is 2.47. The van der Waals surface area contributed by atoms with E-state index >= 15 is 0 Å². The maximum absolute atomic E-state index is 13.1. The molecule has 0 fully saturated rings. The fourth-order valence-electron chi connectivity index (χ4n) is 1.89. The summed E-state index contributed by atoms with van der Waals surface area (Å²) in [5.74, 6) is 0.172. The average molecular weight is 315 g/mol. The van der Waals surface area contributed by atoms with Crippen molar-refractivity contribution in [1.82, 2.24) is 0 Å². The van der Waals surface area contributed by atoms with Crippen molar-refractivity contribution in [3.05, 3.63) is 59.2 Å². The number of halogens is 4. The van der Waals surface area contributed by atoms with Gasteiger partial charge in [-0.3, -0.25) is 0 Å². The predicted octanol–water partition coefficient (Wildman–Crippen LogP) is 5.80. The Morgan fingerprint density at radius 3 is 2.14 bits per heavy atom. The summed E-state index contributed by atoms with van der Waals surface area (Å²) in [6.07, 6.45) is -3.63. The summed E-state index contributed by atoms with van der Waals surface area (Å²) in [7, 11) is 0. The lowest BCUT2D eigenvalue weighted by Crippen LogP contribution is -2.07. The van der Waals surface area contributed by atoms with Crippen molar-refractivity contribution in [1.29, 1.82) is 0 Å². The predicted molar refractivity (Wildman–Crippen MR) is 76.9 cm³/mol. The maximum Gasteiger partial charge on any atom is 0.419 e. The number of aryl methyl sites for hydroxylation is 1. The van der Waals surface area contributed by atoms with E-state index < -0.39 is 11.7 Å². The van der Waals surface area contributed by atoms with Crippen LogP contribution in [-0.4, -0.2) is 0 Å². The van der Waals surface area contributed by atoms with E-state index in [0.29, 0.717) is 11.3 Å².